The Kier molecular flexibility index (Phi) is 8.08. The minimum absolute atomic E-state index is 0.260. The normalized spacial score (nSPS) is 10.6. The summed E-state index contributed by atoms with van der Waals surface area (Å²) in [6.07, 6.45) is 1.40. The molecule has 0 aliphatic heterocycles. The number of anilines is 1. The lowest BCUT2D eigenvalue weighted by Gasteiger charge is -2.09. The van der Waals surface area contributed by atoms with E-state index in [0.717, 1.165) is 5.56 Å². The van der Waals surface area contributed by atoms with Gasteiger partial charge in [0, 0.05) is 15.6 Å². The highest BCUT2D eigenvalue weighted by molar-refractivity contribution is 6.39. The Hall–Kier alpha value is -3.55. The zero-order chi connectivity index (χ0) is 22.9. The first-order chi connectivity index (χ1) is 15.5. The highest BCUT2D eigenvalue weighted by atomic mass is 35.5. The molecule has 2 amide bonds. The molecule has 0 fully saturated rings. The quantitative estimate of drug-likeness (QED) is 0.297. The molecular weight excluding hydrogens is 453 g/mol. The van der Waals surface area contributed by atoms with Gasteiger partial charge in [-0.2, -0.15) is 5.10 Å². The molecule has 0 bridgehead atoms. The van der Waals surface area contributed by atoms with E-state index in [-0.39, 0.29) is 6.61 Å². The van der Waals surface area contributed by atoms with Crippen LogP contribution < -0.4 is 20.2 Å². The molecule has 0 radical (unpaired) electrons. The first-order valence-corrected chi connectivity index (χ1v) is 10.2. The number of para-hydroxylation sites is 2. The third-order valence-electron chi connectivity index (χ3n) is 4.21. The van der Waals surface area contributed by atoms with Gasteiger partial charge in [0.05, 0.1) is 19.0 Å². The van der Waals surface area contributed by atoms with E-state index in [9.17, 15) is 9.59 Å². The van der Waals surface area contributed by atoms with Crippen LogP contribution in [-0.2, 0) is 16.2 Å². The van der Waals surface area contributed by atoms with Gasteiger partial charge in [-0.15, -0.1) is 0 Å². The Bertz CT molecular complexity index is 1150. The van der Waals surface area contributed by atoms with Crippen LogP contribution >= 0.6 is 23.2 Å². The van der Waals surface area contributed by atoms with Crippen molar-refractivity contribution in [1.82, 2.24) is 5.43 Å². The maximum absolute atomic E-state index is 12.1. The van der Waals surface area contributed by atoms with Crippen molar-refractivity contribution in [3.8, 4) is 11.5 Å². The van der Waals surface area contributed by atoms with E-state index in [1.54, 1.807) is 66.7 Å². The topological polar surface area (TPSA) is 89.0 Å². The number of nitrogens with one attached hydrogen (secondary N) is 2. The van der Waals surface area contributed by atoms with Crippen molar-refractivity contribution in [2.24, 2.45) is 5.10 Å². The van der Waals surface area contributed by atoms with Gasteiger partial charge in [0.25, 0.3) is 0 Å². The van der Waals surface area contributed by atoms with Crippen LogP contribution in [0.4, 0.5) is 5.69 Å². The number of carbonyl (C=O) groups excluding carboxylic acids is 2. The smallest absolute Gasteiger partial charge is 0.329 e. The number of hydrogen-bond acceptors (Lipinski definition) is 5. The Balaban J connectivity index is 1.54. The van der Waals surface area contributed by atoms with Crippen molar-refractivity contribution in [2.75, 3.05) is 12.4 Å². The minimum atomic E-state index is -0.919. The predicted octanol–water partition coefficient (Wildman–Crippen LogP) is 4.67. The minimum Gasteiger partial charge on any atom is -0.495 e. The van der Waals surface area contributed by atoms with Crippen LogP contribution in [0, 0.1) is 0 Å². The number of hydrazone groups is 1. The van der Waals surface area contributed by atoms with Crippen LogP contribution in [0.2, 0.25) is 10.0 Å². The second kappa shape index (κ2) is 11.2. The fourth-order valence-corrected chi connectivity index (χ4v) is 3.09. The van der Waals surface area contributed by atoms with Gasteiger partial charge in [-0.3, -0.25) is 9.59 Å². The van der Waals surface area contributed by atoms with Gasteiger partial charge in [0.1, 0.15) is 18.1 Å². The van der Waals surface area contributed by atoms with Crippen LogP contribution in [0.5, 0.6) is 11.5 Å². The van der Waals surface area contributed by atoms with Crippen molar-refractivity contribution in [2.45, 2.75) is 6.61 Å². The largest absolute Gasteiger partial charge is 0.495 e. The molecule has 0 aromatic heterocycles. The van der Waals surface area contributed by atoms with Crippen LogP contribution in [0.15, 0.2) is 71.8 Å². The number of hydrogen-bond donors (Lipinski definition) is 2. The van der Waals surface area contributed by atoms with Crippen molar-refractivity contribution in [3.05, 3.63) is 87.9 Å². The molecule has 3 aromatic carbocycles. The van der Waals surface area contributed by atoms with Crippen molar-refractivity contribution >= 4 is 46.9 Å². The molecule has 0 saturated carbocycles. The summed E-state index contributed by atoms with van der Waals surface area (Å²) in [6.45, 7) is 0.260. The Morgan fingerprint density at radius 2 is 1.81 bits per heavy atom. The molecule has 9 heteroatoms. The summed E-state index contributed by atoms with van der Waals surface area (Å²) in [5, 5.41) is 7.36. The summed E-state index contributed by atoms with van der Waals surface area (Å²) in [5.74, 6) is -0.769. The summed E-state index contributed by atoms with van der Waals surface area (Å²) in [7, 11) is 1.47. The SMILES string of the molecule is COc1ccccc1NC(=O)C(=O)NN=Cc1cccc(OCc2ccc(Cl)cc2Cl)c1. The molecule has 0 aliphatic rings. The first kappa shape index (κ1) is 23.1. The average Bonchev–Trinajstić information content (AvgIpc) is 2.79. The highest BCUT2D eigenvalue weighted by Crippen LogP contribution is 2.24. The lowest BCUT2D eigenvalue weighted by Crippen LogP contribution is -2.32. The second-order valence-corrected chi connectivity index (χ2v) is 7.29. The molecule has 0 spiro atoms. The molecule has 7 nitrogen and oxygen atoms in total. The maximum Gasteiger partial charge on any atom is 0.329 e. The predicted molar refractivity (Wildman–Crippen MR) is 125 cm³/mol. The molecule has 3 aromatic rings. The number of benzene rings is 3. The van der Waals surface area contributed by atoms with E-state index in [2.05, 4.69) is 15.8 Å². The number of carbonyl (C=O) groups is 2. The Morgan fingerprint density at radius 1 is 1.00 bits per heavy atom. The number of methoxy groups -OCH3 is 1. The van der Waals surface area contributed by atoms with Gasteiger partial charge in [0.15, 0.2) is 0 Å². The van der Waals surface area contributed by atoms with E-state index in [1.165, 1.54) is 13.3 Å². The van der Waals surface area contributed by atoms with E-state index in [1.807, 2.05) is 0 Å². The average molecular weight is 472 g/mol. The van der Waals surface area contributed by atoms with Gasteiger partial charge < -0.3 is 14.8 Å². The van der Waals surface area contributed by atoms with Crippen molar-refractivity contribution in [3.63, 3.8) is 0 Å². The maximum atomic E-state index is 12.1. The summed E-state index contributed by atoms with van der Waals surface area (Å²) >= 11 is 12.1. The van der Waals surface area contributed by atoms with Crippen molar-refractivity contribution < 1.29 is 19.1 Å². The Morgan fingerprint density at radius 3 is 2.59 bits per heavy atom. The van der Waals surface area contributed by atoms with Crippen molar-refractivity contribution in [1.29, 1.82) is 0 Å². The van der Waals surface area contributed by atoms with Gasteiger partial charge in [-0.25, -0.2) is 5.43 Å². The third-order valence-corrected chi connectivity index (χ3v) is 4.80. The molecular formula is C23H19Cl2N3O4. The molecule has 2 N–H and O–H groups in total. The highest BCUT2D eigenvalue weighted by Gasteiger charge is 2.14. The number of amides is 2. The van der Waals surface area contributed by atoms with E-state index in [0.29, 0.717) is 32.8 Å². The van der Waals surface area contributed by atoms with Gasteiger partial charge >= 0.3 is 11.8 Å². The summed E-state index contributed by atoms with van der Waals surface area (Å²) in [5.41, 5.74) is 4.02. The van der Waals surface area contributed by atoms with E-state index < -0.39 is 11.8 Å². The fraction of sp³-hybridized carbons (Fsp3) is 0.0870. The van der Waals surface area contributed by atoms with Crippen LogP contribution in [0.25, 0.3) is 0 Å². The molecule has 0 atom stereocenters. The van der Waals surface area contributed by atoms with Crippen LogP contribution in [-0.4, -0.2) is 25.1 Å². The molecule has 0 heterocycles. The molecule has 32 heavy (non-hydrogen) atoms. The zero-order valence-electron chi connectivity index (χ0n) is 17.0. The van der Waals surface area contributed by atoms with E-state index in [4.69, 9.17) is 32.7 Å². The summed E-state index contributed by atoms with van der Waals surface area (Å²) < 4.78 is 10.9. The number of nitrogens with zero attached hydrogens (tertiary/aromatic N) is 1. The van der Waals surface area contributed by atoms with Gasteiger partial charge in [0.2, 0.25) is 0 Å². The molecule has 164 valence electrons. The van der Waals surface area contributed by atoms with Crippen LogP contribution in [0.3, 0.4) is 0 Å². The fourth-order valence-electron chi connectivity index (χ4n) is 2.63. The number of halogens is 2. The third kappa shape index (κ3) is 6.47. The zero-order valence-corrected chi connectivity index (χ0v) is 18.5. The number of rotatable bonds is 7. The second-order valence-electron chi connectivity index (χ2n) is 6.45. The standard InChI is InChI=1S/C23H19Cl2N3O4/c1-31-21-8-3-2-7-20(21)27-22(29)23(30)28-26-13-15-5-4-6-18(11-15)32-14-16-9-10-17(24)12-19(16)25/h2-13H,14H2,1H3,(H,27,29)(H,28,30). The Labute approximate surface area is 194 Å². The molecule has 0 unspecified atom stereocenters. The summed E-state index contributed by atoms with van der Waals surface area (Å²) in [4.78, 5) is 24.0. The molecule has 3 rings (SSSR count). The van der Waals surface area contributed by atoms with Gasteiger partial charge in [-0.1, -0.05) is 53.5 Å². The lowest BCUT2D eigenvalue weighted by molar-refractivity contribution is -0.136. The number of ether oxygens (including phenoxy) is 2. The molecule has 0 aliphatic carbocycles. The van der Waals surface area contributed by atoms with Gasteiger partial charge in [-0.05, 0) is 42.0 Å². The first-order valence-electron chi connectivity index (χ1n) is 9.40. The lowest BCUT2D eigenvalue weighted by atomic mass is 10.2. The monoisotopic (exact) mass is 471 g/mol. The van der Waals surface area contributed by atoms with Crippen LogP contribution in [0.1, 0.15) is 11.1 Å². The summed E-state index contributed by atoms with van der Waals surface area (Å²) in [6, 6.07) is 19.0. The molecule has 0 saturated heterocycles. The van der Waals surface area contributed by atoms with E-state index >= 15 is 0 Å².